The average molecular weight is 300 g/mol. The molecular weight excluding hydrogens is 280 g/mol. The average Bonchev–Trinajstić information content (AvgIpc) is 3.27. The van der Waals surface area contributed by atoms with Crippen molar-refractivity contribution in [1.29, 1.82) is 0 Å². The van der Waals surface area contributed by atoms with Gasteiger partial charge in [-0.25, -0.2) is 4.98 Å². The number of ether oxygens (including phenoxy) is 1. The Labute approximate surface area is 129 Å². The third-order valence-electron chi connectivity index (χ3n) is 4.27. The highest BCUT2D eigenvalue weighted by atomic mass is 32.1. The van der Waals surface area contributed by atoms with Crippen molar-refractivity contribution in [2.45, 2.75) is 44.7 Å². The van der Waals surface area contributed by atoms with Crippen LogP contribution in [0.1, 0.15) is 39.9 Å². The van der Waals surface area contributed by atoms with Crippen molar-refractivity contribution in [1.82, 2.24) is 10.3 Å². The maximum Gasteiger partial charge on any atom is 0.122 e. The van der Waals surface area contributed by atoms with Gasteiger partial charge in [0.25, 0.3) is 0 Å². The first-order valence-electron chi connectivity index (χ1n) is 7.70. The van der Waals surface area contributed by atoms with E-state index < -0.39 is 0 Å². The number of para-hydroxylation sites is 1. The molecule has 0 bridgehead atoms. The minimum atomic E-state index is 0.401. The lowest BCUT2D eigenvalue weighted by Gasteiger charge is -2.23. The highest BCUT2D eigenvalue weighted by Gasteiger charge is 2.25. The number of thiazole rings is 1. The molecule has 0 spiro atoms. The molecule has 110 valence electrons. The van der Waals surface area contributed by atoms with Crippen molar-refractivity contribution in [2.24, 2.45) is 0 Å². The zero-order valence-electron chi connectivity index (χ0n) is 12.3. The Morgan fingerprint density at radius 3 is 3.05 bits per heavy atom. The molecule has 2 aromatic rings. The smallest absolute Gasteiger partial charge is 0.122 e. The van der Waals surface area contributed by atoms with Crippen molar-refractivity contribution < 1.29 is 4.74 Å². The van der Waals surface area contributed by atoms with Crippen LogP contribution in [-0.4, -0.2) is 17.6 Å². The molecule has 1 atom stereocenters. The lowest BCUT2D eigenvalue weighted by atomic mass is 9.97. The monoisotopic (exact) mass is 300 g/mol. The van der Waals surface area contributed by atoms with E-state index in [4.69, 9.17) is 9.72 Å². The summed E-state index contributed by atoms with van der Waals surface area (Å²) in [4.78, 5) is 6.19. The molecule has 0 saturated heterocycles. The van der Waals surface area contributed by atoms with Gasteiger partial charge in [0, 0.05) is 23.4 Å². The topological polar surface area (TPSA) is 34.1 Å². The molecule has 1 saturated carbocycles. The largest absolute Gasteiger partial charge is 0.493 e. The Kier molecular flexibility index (Phi) is 3.43. The second kappa shape index (κ2) is 5.43. The fraction of sp³-hybridized carbons (Fsp3) is 0.471. The van der Waals surface area contributed by atoms with Gasteiger partial charge in [-0.3, -0.25) is 0 Å². The predicted molar refractivity (Wildman–Crippen MR) is 85.1 cm³/mol. The van der Waals surface area contributed by atoms with Gasteiger partial charge in [-0.15, -0.1) is 11.3 Å². The molecule has 4 rings (SSSR count). The van der Waals surface area contributed by atoms with Crippen LogP contribution in [0, 0.1) is 6.92 Å². The van der Waals surface area contributed by atoms with Gasteiger partial charge in [0.05, 0.1) is 17.3 Å². The maximum absolute atomic E-state index is 5.90. The Balaban J connectivity index is 1.50. The summed E-state index contributed by atoms with van der Waals surface area (Å²) in [6.45, 7) is 3.85. The molecule has 3 nitrogen and oxygen atoms in total. The molecule has 1 N–H and O–H groups in total. The zero-order chi connectivity index (χ0) is 14.2. The summed E-state index contributed by atoms with van der Waals surface area (Å²) in [5, 5.41) is 4.82. The molecule has 21 heavy (non-hydrogen) atoms. The van der Waals surface area contributed by atoms with Crippen molar-refractivity contribution >= 4 is 11.3 Å². The molecule has 0 amide bonds. The van der Waals surface area contributed by atoms with Gasteiger partial charge in [-0.2, -0.15) is 0 Å². The number of nitrogens with zero attached hydrogens (tertiary/aromatic N) is 1. The van der Waals surface area contributed by atoms with Crippen LogP contribution in [0.4, 0.5) is 0 Å². The number of nitrogens with one attached hydrogen (secondary N) is 1. The van der Waals surface area contributed by atoms with Crippen LogP contribution >= 0.6 is 11.3 Å². The van der Waals surface area contributed by atoms with Crippen LogP contribution < -0.4 is 10.1 Å². The maximum atomic E-state index is 5.90. The van der Waals surface area contributed by atoms with E-state index in [1.54, 1.807) is 0 Å². The summed E-state index contributed by atoms with van der Waals surface area (Å²) in [6, 6.07) is 9.10. The van der Waals surface area contributed by atoms with Crippen LogP contribution in [-0.2, 0) is 13.0 Å². The molecule has 1 aliphatic carbocycles. The second-order valence-electron chi connectivity index (χ2n) is 6.04. The molecule has 1 aromatic carbocycles. The van der Waals surface area contributed by atoms with Crippen LogP contribution in [0.3, 0.4) is 0 Å². The fourth-order valence-corrected chi connectivity index (χ4v) is 3.90. The highest BCUT2D eigenvalue weighted by Crippen LogP contribution is 2.35. The van der Waals surface area contributed by atoms with Crippen molar-refractivity contribution in [2.75, 3.05) is 6.61 Å². The molecular formula is C17H20N2OS. The number of aryl methyl sites for hydroxylation is 1. The first-order valence-corrected chi connectivity index (χ1v) is 8.51. The van der Waals surface area contributed by atoms with Gasteiger partial charge < -0.3 is 10.1 Å². The van der Waals surface area contributed by atoms with Gasteiger partial charge in [0.2, 0.25) is 0 Å². The molecule has 1 fully saturated rings. The summed E-state index contributed by atoms with van der Waals surface area (Å²) < 4.78 is 5.90. The van der Waals surface area contributed by atoms with E-state index in [-0.39, 0.29) is 0 Å². The molecule has 1 aliphatic heterocycles. The number of benzene rings is 1. The third kappa shape index (κ3) is 2.83. The van der Waals surface area contributed by atoms with Gasteiger partial charge >= 0.3 is 0 Å². The summed E-state index contributed by atoms with van der Waals surface area (Å²) in [5.41, 5.74) is 2.49. The Bertz CT molecular complexity index is 648. The molecule has 2 aliphatic rings. The van der Waals surface area contributed by atoms with Gasteiger partial charge in [-0.1, -0.05) is 18.2 Å². The summed E-state index contributed by atoms with van der Waals surface area (Å²) >= 11 is 1.86. The Morgan fingerprint density at radius 2 is 2.19 bits per heavy atom. The van der Waals surface area contributed by atoms with E-state index in [9.17, 15) is 0 Å². The zero-order valence-corrected chi connectivity index (χ0v) is 13.1. The molecule has 1 unspecified atom stereocenters. The van der Waals surface area contributed by atoms with Gasteiger partial charge in [0.15, 0.2) is 0 Å². The van der Waals surface area contributed by atoms with E-state index in [1.165, 1.54) is 34.0 Å². The van der Waals surface area contributed by atoms with Crippen molar-refractivity contribution in [3.63, 3.8) is 0 Å². The van der Waals surface area contributed by atoms with Crippen LogP contribution in [0.15, 0.2) is 24.3 Å². The van der Waals surface area contributed by atoms with Gasteiger partial charge in [-0.05, 0) is 37.8 Å². The van der Waals surface area contributed by atoms with Gasteiger partial charge in [0.1, 0.15) is 5.75 Å². The first kappa shape index (κ1) is 13.3. The van der Waals surface area contributed by atoms with Crippen molar-refractivity contribution in [3.8, 4) is 5.75 Å². The summed E-state index contributed by atoms with van der Waals surface area (Å²) in [5.74, 6) is 1.44. The molecule has 4 heteroatoms. The number of hydrogen-bond donors (Lipinski definition) is 1. The summed E-state index contributed by atoms with van der Waals surface area (Å²) in [7, 11) is 0. The first-order chi connectivity index (χ1) is 10.3. The van der Waals surface area contributed by atoms with Crippen LogP contribution in [0.2, 0.25) is 0 Å². The van der Waals surface area contributed by atoms with E-state index in [0.29, 0.717) is 5.92 Å². The predicted octanol–water partition coefficient (Wildman–Crippen LogP) is 3.42. The van der Waals surface area contributed by atoms with E-state index in [2.05, 4.69) is 30.4 Å². The normalized spacial score (nSPS) is 20.9. The lowest BCUT2D eigenvalue weighted by Crippen LogP contribution is -2.18. The fourth-order valence-electron chi connectivity index (χ4n) is 2.80. The Hall–Kier alpha value is -1.39. The van der Waals surface area contributed by atoms with E-state index in [1.807, 2.05) is 17.4 Å². The van der Waals surface area contributed by atoms with E-state index in [0.717, 1.165) is 31.4 Å². The van der Waals surface area contributed by atoms with E-state index >= 15 is 0 Å². The standard InChI is InChI=1S/C17H20N2OS/c1-11-16(9-18-14-6-7-14)21-17(19-11)13-8-12-4-2-3-5-15(12)20-10-13/h2-5,13-14,18H,6-10H2,1H3. The number of fused-ring (bicyclic) bond motifs is 1. The van der Waals surface area contributed by atoms with Crippen LogP contribution in [0.5, 0.6) is 5.75 Å². The number of aromatic nitrogens is 1. The minimum absolute atomic E-state index is 0.401. The lowest BCUT2D eigenvalue weighted by molar-refractivity contribution is 0.262. The molecule has 2 heterocycles. The quantitative estimate of drug-likeness (QED) is 0.939. The second-order valence-corrected chi connectivity index (χ2v) is 7.15. The number of hydrogen-bond acceptors (Lipinski definition) is 4. The van der Waals surface area contributed by atoms with Crippen LogP contribution in [0.25, 0.3) is 0 Å². The third-order valence-corrected chi connectivity index (χ3v) is 5.59. The summed E-state index contributed by atoms with van der Waals surface area (Å²) in [6.07, 6.45) is 3.70. The number of rotatable bonds is 4. The minimum Gasteiger partial charge on any atom is -0.493 e. The van der Waals surface area contributed by atoms with Crippen molar-refractivity contribution in [3.05, 3.63) is 45.4 Å². The highest BCUT2D eigenvalue weighted by molar-refractivity contribution is 7.11. The SMILES string of the molecule is Cc1nc(C2COc3ccccc3C2)sc1CNC1CC1. The molecule has 1 aromatic heterocycles. The molecule has 0 radical (unpaired) electrons. The Morgan fingerprint density at radius 1 is 1.33 bits per heavy atom.